The second-order valence-electron chi connectivity index (χ2n) is 3.98. The van der Waals surface area contributed by atoms with Gasteiger partial charge in [-0.3, -0.25) is 4.79 Å². The van der Waals surface area contributed by atoms with Gasteiger partial charge in [0.25, 0.3) is 0 Å². The summed E-state index contributed by atoms with van der Waals surface area (Å²) in [5.41, 5.74) is 0. The molecule has 2 heterocycles. The predicted molar refractivity (Wildman–Crippen MR) is 60.3 cm³/mol. The number of rotatable bonds is 4. The number of ether oxygens (including phenoxy) is 1. The molecular formula is C10H17N5O2. The van der Waals surface area contributed by atoms with Crippen LogP contribution < -0.4 is 10.6 Å². The van der Waals surface area contributed by atoms with Gasteiger partial charge in [-0.15, -0.1) is 10.2 Å². The number of carbonyl (C=O) groups excluding carboxylic acids is 1. The van der Waals surface area contributed by atoms with E-state index in [0.717, 1.165) is 12.4 Å². The third-order valence-corrected chi connectivity index (χ3v) is 2.69. The lowest BCUT2D eigenvalue weighted by atomic mass is 10.2. The van der Waals surface area contributed by atoms with E-state index in [-0.39, 0.29) is 11.9 Å². The molecular weight excluding hydrogens is 222 g/mol. The quantitative estimate of drug-likeness (QED) is 0.665. The van der Waals surface area contributed by atoms with E-state index in [1.54, 1.807) is 6.33 Å². The molecule has 1 saturated heterocycles. The molecule has 1 fully saturated rings. The molecule has 1 amide bonds. The van der Waals surface area contributed by atoms with Crippen LogP contribution in [0.1, 0.15) is 5.82 Å². The van der Waals surface area contributed by atoms with Crippen LogP contribution in [0.4, 0.5) is 0 Å². The van der Waals surface area contributed by atoms with E-state index < -0.39 is 0 Å². The van der Waals surface area contributed by atoms with Crippen molar-refractivity contribution in [3.63, 3.8) is 0 Å². The maximum atomic E-state index is 11.7. The third kappa shape index (κ3) is 3.24. The van der Waals surface area contributed by atoms with Crippen LogP contribution in [0.2, 0.25) is 0 Å². The topological polar surface area (TPSA) is 81.1 Å². The Balaban J connectivity index is 1.71. The Labute approximate surface area is 99.5 Å². The number of hydrogen-bond donors (Lipinski definition) is 2. The molecule has 1 aromatic heterocycles. The van der Waals surface area contributed by atoms with Crippen LogP contribution >= 0.6 is 0 Å². The molecule has 2 rings (SSSR count). The van der Waals surface area contributed by atoms with Crippen molar-refractivity contribution in [2.75, 3.05) is 26.3 Å². The van der Waals surface area contributed by atoms with E-state index in [4.69, 9.17) is 4.74 Å². The van der Waals surface area contributed by atoms with Gasteiger partial charge in [-0.2, -0.15) is 0 Å². The summed E-state index contributed by atoms with van der Waals surface area (Å²) in [4.78, 5) is 11.7. The fourth-order valence-electron chi connectivity index (χ4n) is 1.69. The van der Waals surface area contributed by atoms with Gasteiger partial charge in [0.15, 0.2) is 0 Å². The summed E-state index contributed by atoms with van der Waals surface area (Å²) in [6.07, 6.45) is 2.32. The van der Waals surface area contributed by atoms with Crippen LogP contribution in [-0.4, -0.2) is 53.0 Å². The minimum absolute atomic E-state index is 0.0214. The van der Waals surface area contributed by atoms with Gasteiger partial charge in [0.05, 0.1) is 13.2 Å². The Bertz CT molecular complexity index is 373. The SMILES string of the molecule is Cn1cnnc1CCNC(=O)C1COCCN1. The predicted octanol–water partition coefficient (Wildman–Crippen LogP) is -1.54. The van der Waals surface area contributed by atoms with Crippen LogP contribution in [0.15, 0.2) is 6.33 Å². The van der Waals surface area contributed by atoms with Crippen molar-refractivity contribution in [2.45, 2.75) is 12.5 Å². The Kier molecular flexibility index (Phi) is 4.05. The minimum atomic E-state index is -0.233. The lowest BCUT2D eigenvalue weighted by Gasteiger charge is -2.22. The van der Waals surface area contributed by atoms with Gasteiger partial charge >= 0.3 is 0 Å². The van der Waals surface area contributed by atoms with Crippen LogP contribution in [0, 0.1) is 0 Å². The lowest BCUT2D eigenvalue weighted by molar-refractivity contribution is -0.125. The molecule has 7 heteroatoms. The first-order valence-electron chi connectivity index (χ1n) is 5.69. The molecule has 1 atom stereocenters. The molecule has 0 aromatic carbocycles. The second-order valence-corrected chi connectivity index (χ2v) is 3.98. The van der Waals surface area contributed by atoms with Crippen molar-refractivity contribution in [2.24, 2.45) is 7.05 Å². The number of morpholine rings is 1. The standard InChI is InChI=1S/C10H17N5O2/c1-15-7-13-14-9(15)2-3-12-10(16)8-6-17-5-4-11-8/h7-8,11H,2-6H2,1H3,(H,12,16). The molecule has 1 aromatic rings. The zero-order chi connectivity index (χ0) is 12.1. The fourth-order valence-corrected chi connectivity index (χ4v) is 1.69. The van der Waals surface area contributed by atoms with Gasteiger partial charge in [-0.05, 0) is 0 Å². The van der Waals surface area contributed by atoms with Crippen molar-refractivity contribution in [3.8, 4) is 0 Å². The number of nitrogens with one attached hydrogen (secondary N) is 2. The van der Waals surface area contributed by atoms with Crippen LogP contribution in [0.25, 0.3) is 0 Å². The smallest absolute Gasteiger partial charge is 0.239 e. The third-order valence-electron chi connectivity index (χ3n) is 2.69. The summed E-state index contributed by atoms with van der Waals surface area (Å²) in [5.74, 6) is 0.838. The van der Waals surface area contributed by atoms with Gasteiger partial charge < -0.3 is 19.9 Å². The zero-order valence-electron chi connectivity index (χ0n) is 9.85. The van der Waals surface area contributed by atoms with Crippen LogP contribution in [-0.2, 0) is 23.0 Å². The van der Waals surface area contributed by atoms with Gasteiger partial charge in [0.1, 0.15) is 18.2 Å². The molecule has 1 aliphatic heterocycles. The molecule has 7 nitrogen and oxygen atoms in total. The monoisotopic (exact) mass is 239 g/mol. The number of aryl methyl sites for hydroxylation is 1. The molecule has 0 aliphatic carbocycles. The summed E-state index contributed by atoms with van der Waals surface area (Å²) in [7, 11) is 1.88. The summed E-state index contributed by atoms with van der Waals surface area (Å²) < 4.78 is 7.07. The van der Waals surface area contributed by atoms with Crippen molar-refractivity contribution in [1.29, 1.82) is 0 Å². The number of amides is 1. The van der Waals surface area contributed by atoms with E-state index in [1.807, 2.05) is 11.6 Å². The van der Waals surface area contributed by atoms with E-state index in [2.05, 4.69) is 20.8 Å². The fraction of sp³-hybridized carbons (Fsp3) is 0.700. The molecule has 1 unspecified atom stereocenters. The first-order chi connectivity index (χ1) is 8.27. The van der Waals surface area contributed by atoms with Crippen LogP contribution in [0.3, 0.4) is 0 Å². The summed E-state index contributed by atoms with van der Waals surface area (Å²) >= 11 is 0. The maximum absolute atomic E-state index is 11.7. The first kappa shape index (κ1) is 12.0. The van der Waals surface area contributed by atoms with E-state index in [9.17, 15) is 4.79 Å². The average Bonchev–Trinajstić information content (AvgIpc) is 2.76. The van der Waals surface area contributed by atoms with Gasteiger partial charge in [-0.1, -0.05) is 0 Å². The molecule has 0 radical (unpaired) electrons. The molecule has 0 saturated carbocycles. The van der Waals surface area contributed by atoms with Gasteiger partial charge in [0.2, 0.25) is 5.91 Å². The number of nitrogens with zero attached hydrogens (tertiary/aromatic N) is 3. The number of aromatic nitrogens is 3. The normalized spacial score (nSPS) is 20.2. The first-order valence-corrected chi connectivity index (χ1v) is 5.69. The van der Waals surface area contributed by atoms with Crippen molar-refractivity contribution >= 4 is 5.91 Å². The van der Waals surface area contributed by atoms with Crippen molar-refractivity contribution < 1.29 is 9.53 Å². The molecule has 1 aliphatic rings. The molecule has 94 valence electrons. The molecule has 0 bridgehead atoms. The summed E-state index contributed by atoms with van der Waals surface area (Å²) in [6, 6.07) is -0.233. The van der Waals surface area contributed by atoms with Crippen molar-refractivity contribution in [1.82, 2.24) is 25.4 Å². The highest BCUT2D eigenvalue weighted by molar-refractivity contribution is 5.81. The van der Waals surface area contributed by atoms with E-state index >= 15 is 0 Å². The molecule has 2 N–H and O–H groups in total. The van der Waals surface area contributed by atoms with Crippen LogP contribution in [0.5, 0.6) is 0 Å². The highest BCUT2D eigenvalue weighted by Gasteiger charge is 2.20. The summed E-state index contributed by atoms with van der Waals surface area (Å²) in [6.45, 7) is 2.39. The van der Waals surface area contributed by atoms with E-state index in [1.165, 1.54) is 0 Å². The highest BCUT2D eigenvalue weighted by atomic mass is 16.5. The lowest BCUT2D eigenvalue weighted by Crippen LogP contribution is -2.51. The van der Waals surface area contributed by atoms with Crippen molar-refractivity contribution in [3.05, 3.63) is 12.2 Å². The zero-order valence-corrected chi connectivity index (χ0v) is 9.85. The second kappa shape index (κ2) is 5.74. The highest BCUT2D eigenvalue weighted by Crippen LogP contribution is 1.94. The summed E-state index contributed by atoms with van der Waals surface area (Å²) in [5, 5.41) is 13.7. The van der Waals surface area contributed by atoms with E-state index in [0.29, 0.717) is 26.2 Å². The molecule has 0 spiro atoms. The maximum Gasteiger partial charge on any atom is 0.239 e. The minimum Gasteiger partial charge on any atom is -0.378 e. The number of hydrogen-bond acceptors (Lipinski definition) is 5. The Hall–Kier alpha value is -1.47. The molecule has 17 heavy (non-hydrogen) atoms. The average molecular weight is 239 g/mol. The Morgan fingerprint density at radius 1 is 1.76 bits per heavy atom. The Morgan fingerprint density at radius 2 is 2.65 bits per heavy atom. The largest absolute Gasteiger partial charge is 0.378 e. The van der Waals surface area contributed by atoms with Gasteiger partial charge in [-0.25, -0.2) is 0 Å². The number of carbonyl (C=O) groups is 1. The Morgan fingerprint density at radius 3 is 3.29 bits per heavy atom. The van der Waals surface area contributed by atoms with Gasteiger partial charge in [0, 0.05) is 26.6 Å².